The summed E-state index contributed by atoms with van der Waals surface area (Å²) < 4.78 is 0. The van der Waals surface area contributed by atoms with Crippen molar-refractivity contribution < 1.29 is 9.63 Å². The van der Waals surface area contributed by atoms with E-state index in [1.165, 1.54) is 5.06 Å². The molecule has 0 spiro atoms. The Bertz CT molecular complexity index is 494. The molecule has 0 aliphatic heterocycles. The molecule has 3 heteroatoms. The first-order valence-corrected chi connectivity index (χ1v) is 5.63. The quantitative estimate of drug-likeness (QED) is 0.594. The van der Waals surface area contributed by atoms with Crippen molar-refractivity contribution in [3.63, 3.8) is 0 Å². The Balaban J connectivity index is 2.02. The highest BCUT2D eigenvalue weighted by Crippen LogP contribution is 2.15. The highest BCUT2D eigenvalue weighted by atomic mass is 16.7. The third kappa shape index (κ3) is 3.18. The number of amides is 1. The summed E-state index contributed by atoms with van der Waals surface area (Å²) in [5.74, 6) is 0. The van der Waals surface area contributed by atoms with E-state index in [4.69, 9.17) is 4.84 Å². The van der Waals surface area contributed by atoms with E-state index in [0.29, 0.717) is 18.7 Å². The molecule has 0 unspecified atom stereocenters. The van der Waals surface area contributed by atoms with E-state index in [9.17, 15) is 4.79 Å². The van der Waals surface area contributed by atoms with Crippen LogP contribution in [0.1, 0.15) is 11.1 Å². The molecule has 0 saturated heterocycles. The SMILES string of the molecule is [CH2]c1ccc(N(C=O)OCc2ccccc2)cc1. The van der Waals surface area contributed by atoms with E-state index in [1.54, 1.807) is 12.1 Å². The van der Waals surface area contributed by atoms with E-state index < -0.39 is 0 Å². The van der Waals surface area contributed by atoms with Gasteiger partial charge in [-0.15, -0.1) is 0 Å². The lowest BCUT2D eigenvalue weighted by Gasteiger charge is -2.17. The summed E-state index contributed by atoms with van der Waals surface area (Å²) in [6.45, 7) is 4.15. The Kier molecular flexibility index (Phi) is 4.10. The van der Waals surface area contributed by atoms with Crippen molar-refractivity contribution in [2.45, 2.75) is 6.61 Å². The minimum Gasteiger partial charge on any atom is -0.276 e. The fourth-order valence-corrected chi connectivity index (χ4v) is 1.53. The minimum atomic E-state index is 0.353. The molecule has 1 amide bonds. The van der Waals surface area contributed by atoms with Gasteiger partial charge in [0.2, 0.25) is 6.41 Å². The highest BCUT2D eigenvalue weighted by Gasteiger charge is 2.05. The summed E-state index contributed by atoms with van der Waals surface area (Å²) in [5, 5.41) is 1.21. The first kappa shape index (κ1) is 12.3. The Hall–Kier alpha value is -2.13. The molecular formula is C15H14NO2. The number of benzene rings is 2. The molecule has 0 atom stereocenters. The number of carbonyl (C=O) groups excluding carboxylic acids is 1. The second kappa shape index (κ2) is 5.98. The van der Waals surface area contributed by atoms with Crippen LogP contribution in [0.25, 0.3) is 0 Å². The van der Waals surface area contributed by atoms with Gasteiger partial charge < -0.3 is 0 Å². The summed E-state index contributed by atoms with van der Waals surface area (Å²) >= 11 is 0. The fourth-order valence-electron chi connectivity index (χ4n) is 1.53. The second-order valence-corrected chi connectivity index (χ2v) is 3.86. The van der Waals surface area contributed by atoms with Gasteiger partial charge in [0.1, 0.15) is 6.61 Å². The van der Waals surface area contributed by atoms with E-state index in [1.807, 2.05) is 42.5 Å². The number of hydrogen-bond acceptors (Lipinski definition) is 2. The van der Waals surface area contributed by atoms with Crippen LogP contribution < -0.4 is 5.06 Å². The van der Waals surface area contributed by atoms with Crippen molar-refractivity contribution in [3.05, 3.63) is 72.6 Å². The first-order chi connectivity index (χ1) is 8.79. The van der Waals surface area contributed by atoms with Gasteiger partial charge in [0.15, 0.2) is 0 Å². The molecule has 1 radical (unpaired) electrons. The highest BCUT2D eigenvalue weighted by molar-refractivity contribution is 5.72. The Morgan fingerprint density at radius 1 is 1.06 bits per heavy atom. The standard InChI is InChI=1S/C15H14NO2/c1-13-7-9-15(10-8-13)16(12-17)18-11-14-5-3-2-4-6-14/h2-10,12H,1,11H2. The van der Waals surface area contributed by atoms with Crippen LogP contribution >= 0.6 is 0 Å². The number of hydroxylamine groups is 1. The van der Waals surface area contributed by atoms with Gasteiger partial charge in [-0.25, -0.2) is 0 Å². The molecule has 0 fully saturated rings. The third-order valence-electron chi connectivity index (χ3n) is 2.50. The Morgan fingerprint density at radius 3 is 2.33 bits per heavy atom. The molecule has 18 heavy (non-hydrogen) atoms. The molecule has 0 N–H and O–H groups in total. The lowest BCUT2D eigenvalue weighted by atomic mass is 10.2. The molecular weight excluding hydrogens is 226 g/mol. The molecule has 0 bridgehead atoms. The van der Waals surface area contributed by atoms with E-state index in [2.05, 4.69) is 6.92 Å². The molecule has 3 nitrogen and oxygen atoms in total. The number of nitrogens with zero attached hydrogens (tertiary/aromatic N) is 1. The van der Waals surface area contributed by atoms with Crippen molar-refractivity contribution >= 4 is 12.1 Å². The van der Waals surface area contributed by atoms with Crippen molar-refractivity contribution in [1.29, 1.82) is 0 Å². The van der Waals surface area contributed by atoms with Gasteiger partial charge in [0, 0.05) is 0 Å². The molecule has 91 valence electrons. The molecule has 2 rings (SSSR count). The van der Waals surface area contributed by atoms with Crippen LogP contribution in [-0.4, -0.2) is 6.41 Å². The van der Waals surface area contributed by atoms with Gasteiger partial charge in [0.25, 0.3) is 0 Å². The summed E-state index contributed by atoms with van der Waals surface area (Å²) in [5.41, 5.74) is 2.60. The predicted molar refractivity (Wildman–Crippen MR) is 70.7 cm³/mol. The summed E-state index contributed by atoms with van der Waals surface area (Å²) in [6, 6.07) is 16.9. The second-order valence-electron chi connectivity index (χ2n) is 3.86. The molecule has 2 aromatic rings. The normalized spacial score (nSPS) is 10.1. The smallest absolute Gasteiger partial charge is 0.238 e. The fraction of sp³-hybridized carbons (Fsp3) is 0.0667. The molecule has 0 heterocycles. The largest absolute Gasteiger partial charge is 0.276 e. The minimum absolute atomic E-state index is 0.353. The van der Waals surface area contributed by atoms with Crippen LogP contribution in [-0.2, 0) is 16.2 Å². The van der Waals surface area contributed by atoms with Gasteiger partial charge >= 0.3 is 0 Å². The van der Waals surface area contributed by atoms with E-state index in [-0.39, 0.29) is 0 Å². The maximum absolute atomic E-state index is 11.0. The van der Waals surface area contributed by atoms with Crippen LogP contribution in [0, 0.1) is 6.92 Å². The zero-order chi connectivity index (χ0) is 12.8. The van der Waals surface area contributed by atoms with Crippen molar-refractivity contribution in [2.24, 2.45) is 0 Å². The molecule has 0 saturated carbocycles. The summed E-state index contributed by atoms with van der Waals surface area (Å²) in [4.78, 5) is 16.4. The maximum Gasteiger partial charge on any atom is 0.238 e. The van der Waals surface area contributed by atoms with Crippen LogP contribution in [0.5, 0.6) is 0 Å². The van der Waals surface area contributed by atoms with Crippen molar-refractivity contribution in [1.82, 2.24) is 0 Å². The van der Waals surface area contributed by atoms with Crippen molar-refractivity contribution in [2.75, 3.05) is 5.06 Å². The number of carbonyl (C=O) groups is 1. The molecule has 0 aromatic heterocycles. The molecule has 0 aliphatic rings. The Labute approximate surface area is 107 Å². The molecule has 0 aliphatic carbocycles. The molecule has 2 aromatic carbocycles. The average Bonchev–Trinajstić information content (AvgIpc) is 2.42. The summed E-state index contributed by atoms with van der Waals surface area (Å²) in [6.07, 6.45) is 0.654. The van der Waals surface area contributed by atoms with Crippen LogP contribution in [0.4, 0.5) is 5.69 Å². The number of hydrogen-bond donors (Lipinski definition) is 0. The lowest BCUT2D eigenvalue weighted by Crippen LogP contribution is -2.21. The van der Waals surface area contributed by atoms with E-state index in [0.717, 1.165) is 11.1 Å². The van der Waals surface area contributed by atoms with Crippen molar-refractivity contribution in [3.8, 4) is 0 Å². The van der Waals surface area contributed by atoms with Crippen LogP contribution in [0.2, 0.25) is 0 Å². The topological polar surface area (TPSA) is 29.5 Å². The lowest BCUT2D eigenvalue weighted by molar-refractivity contribution is -0.114. The average molecular weight is 240 g/mol. The summed E-state index contributed by atoms with van der Waals surface area (Å²) in [7, 11) is 0. The Morgan fingerprint density at radius 2 is 1.72 bits per heavy atom. The van der Waals surface area contributed by atoms with Gasteiger partial charge in [-0.05, 0) is 30.2 Å². The zero-order valence-corrected chi connectivity index (χ0v) is 9.95. The van der Waals surface area contributed by atoms with Gasteiger partial charge in [0.05, 0.1) is 5.69 Å². The zero-order valence-electron chi connectivity index (χ0n) is 9.95. The predicted octanol–water partition coefficient (Wildman–Crippen LogP) is 2.96. The van der Waals surface area contributed by atoms with E-state index >= 15 is 0 Å². The maximum atomic E-state index is 11.0. The third-order valence-corrected chi connectivity index (χ3v) is 2.50. The van der Waals surface area contributed by atoms with Gasteiger partial charge in [-0.2, -0.15) is 5.06 Å². The number of anilines is 1. The first-order valence-electron chi connectivity index (χ1n) is 5.63. The van der Waals surface area contributed by atoms with Crippen LogP contribution in [0.3, 0.4) is 0 Å². The van der Waals surface area contributed by atoms with Gasteiger partial charge in [-0.3, -0.25) is 9.63 Å². The van der Waals surface area contributed by atoms with Crippen LogP contribution in [0.15, 0.2) is 54.6 Å². The van der Waals surface area contributed by atoms with Gasteiger partial charge in [-0.1, -0.05) is 42.5 Å². The monoisotopic (exact) mass is 240 g/mol. The number of rotatable bonds is 5.